The lowest BCUT2D eigenvalue weighted by Gasteiger charge is -2.50. The zero-order chi connectivity index (χ0) is 25.9. The average molecular weight is 571 g/mol. The first kappa shape index (κ1) is 24.0. The average Bonchev–Trinajstić information content (AvgIpc) is 3.09. The van der Waals surface area contributed by atoms with Crippen LogP contribution < -0.4 is 9.64 Å². The van der Waals surface area contributed by atoms with Gasteiger partial charge in [0.2, 0.25) is 0 Å². The molecule has 11 heteroatoms. The Labute approximate surface area is 218 Å². The van der Waals surface area contributed by atoms with Gasteiger partial charge in [-0.25, -0.2) is 0 Å². The molecule has 5 rings (SSSR count). The van der Waals surface area contributed by atoms with Crippen LogP contribution in [-0.2, 0) is 4.79 Å². The number of rotatable bonds is 5. The first-order valence-electron chi connectivity index (χ1n) is 10.7. The molecule has 3 amide bonds. The molecule has 0 N–H and O–H groups in total. The Morgan fingerprint density at radius 3 is 2.44 bits per heavy atom. The number of nitro benzene ring substituents is 1. The molecule has 9 nitrogen and oxygen atoms in total. The fourth-order valence-corrected chi connectivity index (χ4v) is 5.32. The molecule has 36 heavy (non-hydrogen) atoms. The number of fused-ring (bicyclic) bond motifs is 1. The highest BCUT2D eigenvalue weighted by atomic mass is 79.9. The minimum Gasteiger partial charge on any atom is -0.496 e. The summed E-state index contributed by atoms with van der Waals surface area (Å²) in [6.07, 6.45) is 0. The van der Waals surface area contributed by atoms with Crippen LogP contribution in [0.15, 0.2) is 59.1 Å². The summed E-state index contributed by atoms with van der Waals surface area (Å²) in [7, 11) is 1.47. The lowest BCUT2D eigenvalue weighted by Crippen LogP contribution is -2.67. The standard InChI is InChI=1S/C25H17BrClN3O6/c1-12-6-8-14(27)11-18(12)28-21(16-10-13(26)7-9-19(16)36-2)22(25(28)33)29-23(31)15-4-3-5-17(30(34)35)20(15)24(29)32/h3-11,21-22H,1-2H3/t21-,22-/m0/s1. The number of carbonyl (C=O) groups is 3. The van der Waals surface area contributed by atoms with Crippen LogP contribution in [0.3, 0.4) is 0 Å². The van der Waals surface area contributed by atoms with E-state index in [4.69, 9.17) is 16.3 Å². The Balaban J connectivity index is 1.68. The van der Waals surface area contributed by atoms with E-state index in [1.165, 1.54) is 24.1 Å². The van der Waals surface area contributed by atoms with Crippen molar-refractivity contribution in [2.24, 2.45) is 0 Å². The van der Waals surface area contributed by atoms with Gasteiger partial charge in [-0.3, -0.25) is 34.3 Å². The van der Waals surface area contributed by atoms with Crippen LogP contribution in [0.25, 0.3) is 0 Å². The van der Waals surface area contributed by atoms with E-state index in [0.717, 1.165) is 16.5 Å². The van der Waals surface area contributed by atoms with E-state index in [1.54, 1.807) is 36.4 Å². The molecule has 2 aliphatic rings. The number of benzene rings is 3. The number of aryl methyl sites for hydroxylation is 1. The number of hydrogen-bond donors (Lipinski definition) is 0. The predicted molar refractivity (Wildman–Crippen MR) is 134 cm³/mol. The largest absolute Gasteiger partial charge is 0.496 e. The number of anilines is 1. The molecule has 1 saturated heterocycles. The topological polar surface area (TPSA) is 110 Å². The fourth-order valence-electron chi connectivity index (χ4n) is 4.77. The van der Waals surface area contributed by atoms with Gasteiger partial charge in [0.1, 0.15) is 17.4 Å². The third-order valence-electron chi connectivity index (χ3n) is 6.41. The van der Waals surface area contributed by atoms with Gasteiger partial charge in [0.05, 0.1) is 23.6 Å². The Kier molecular flexibility index (Phi) is 5.80. The summed E-state index contributed by atoms with van der Waals surface area (Å²) in [6.45, 7) is 1.81. The highest BCUT2D eigenvalue weighted by molar-refractivity contribution is 9.10. The van der Waals surface area contributed by atoms with Crippen molar-refractivity contribution in [3.05, 3.63) is 96.5 Å². The fraction of sp³-hybridized carbons (Fsp3) is 0.160. The maximum Gasteiger partial charge on any atom is 0.282 e. The van der Waals surface area contributed by atoms with Crippen LogP contribution in [0.1, 0.15) is 37.9 Å². The molecule has 2 aliphatic heterocycles. The van der Waals surface area contributed by atoms with E-state index in [9.17, 15) is 24.5 Å². The molecular weight excluding hydrogens is 554 g/mol. The van der Waals surface area contributed by atoms with Crippen LogP contribution in [0.2, 0.25) is 5.02 Å². The Bertz CT molecular complexity index is 1490. The van der Waals surface area contributed by atoms with Gasteiger partial charge in [-0.2, -0.15) is 0 Å². The summed E-state index contributed by atoms with van der Waals surface area (Å²) in [5.74, 6) is -1.74. The maximum atomic E-state index is 13.7. The van der Waals surface area contributed by atoms with Gasteiger partial charge in [-0.1, -0.05) is 39.7 Å². The lowest BCUT2D eigenvalue weighted by atomic mass is 9.85. The molecule has 0 radical (unpaired) electrons. The molecule has 1 fully saturated rings. The normalized spacial score (nSPS) is 18.8. The summed E-state index contributed by atoms with van der Waals surface area (Å²) in [5.41, 5.74) is 0.889. The Hall–Kier alpha value is -3.76. The van der Waals surface area contributed by atoms with Gasteiger partial charge in [0, 0.05) is 26.8 Å². The molecule has 182 valence electrons. The summed E-state index contributed by atoms with van der Waals surface area (Å²) in [4.78, 5) is 53.6. The van der Waals surface area contributed by atoms with Gasteiger partial charge in [-0.15, -0.1) is 0 Å². The molecule has 0 spiro atoms. The second-order valence-corrected chi connectivity index (χ2v) is 9.70. The number of amides is 3. The molecule has 0 bridgehead atoms. The van der Waals surface area contributed by atoms with E-state index >= 15 is 0 Å². The van der Waals surface area contributed by atoms with Crippen molar-refractivity contribution in [2.45, 2.75) is 19.0 Å². The van der Waals surface area contributed by atoms with Gasteiger partial charge in [0.25, 0.3) is 23.4 Å². The number of ether oxygens (including phenoxy) is 1. The lowest BCUT2D eigenvalue weighted by molar-refractivity contribution is -0.385. The number of β-lactam (4-membered cyclic amide) rings is 1. The molecule has 3 aromatic carbocycles. The minimum atomic E-state index is -1.25. The highest BCUT2D eigenvalue weighted by Gasteiger charge is 2.59. The van der Waals surface area contributed by atoms with E-state index in [1.807, 2.05) is 6.92 Å². The molecule has 3 aromatic rings. The van der Waals surface area contributed by atoms with E-state index in [2.05, 4.69) is 15.9 Å². The summed E-state index contributed by atoms with van der Waals surface area (Å²) in [5, 5.41) is 12.0. The molecule has 2 atom stereocenters. The Morgan fingerprint density at radius 2 is 1.75 bits per heavy atom. The van der Waals surface area contributed by atoms with E-state index < -0.39 is 40.4 Å². The molecule has 0 aliphatic carbocycles. The second kappa shape index (κ2) is 8.72. The third-order valence-corrected chi connectivity index (χ3v) is 7.14. The van der Waals surface area contributed by atoms with Crippen molar-refractivity contribution >= 4 is 56.6 Å². The molecule has 2 heterocycles. The predicted octanol–water partition coefficient (Wildman–Crippen LogP) is 5.08. The van der Waals surface area contributed by atoms with Crippen LogP contribution in [0, 0.1) is 17.0 Å². The molecule has 0 aromatic heterocycles. The van der Waals surface area contributed by atoms with Crippen molar-refractivity contribution in [1.29, 1.82) is 0 Å². The highest BCUT2D eigenvalue weighted by Crippen LogP contribution is 2.48. The summed E-state index contributed by atoms with van der Waals surface area (Å²) >= 11 is 9.67. The van der Waals surface area contributed by atoms with Crippen molar-refractivity contribution in [3.63, 3.8) is 0 Å². The molecule has 0 unspecified atom stereocenters. The van der Waals surface area contributed by atoms with Crippen LogP contribution >= 0.6 is 27.5 Å². The molecular formula is C25H17BrClN3O6. The number of carbonyl (C=O) groups excluding carboxylic acids is 3. The van der Waals surface area contributed by atoms with Crippen molar-refractivity contribution < 1.29 is 24.0 Å². The van der Waals surface area contributed by atoms with Crippen molar-refractivity contribution in [1.82, 2.24) is 4.90 Å². The smallest absolute Gasteiger partial charge is 0.282 e. The zero-order valence-electron chi connectivity index (χ0n) is 18.9. The Morgan fingerprint density at radius 1 is 1.00 bits per heavy atom. The van der Waals surface area contributed by atoms with Gasteiger partial charge in [0.15, 0.2) is 0 Å². The minimum absolute atomic E-state index is 0.112. The summed E-state index contributed by atoms with van der Waals surface area (Å²) < 4.78 is 6.24. The number of methoxy groups -OCH3 is 1. The zero-order valence-corrected chi connectivity index (χ0v) is 21.2. The van der Waals surface area contributed by atoms with Gasteiger partial charge in [-0.05, 0) is 48.9 Å². The first-order chi connectivity index (χ1) is 17.1. The SMILES string of the molecule is COc1ccc(Br)cc1[C@H]1[C@H](N2C(=O)c3cccc([N+](=O)[O-])c3C2=O)C(=O)N1c1cc(Cl)ccc1C. The van der Waals surface area contributed by atoms with Crippen molar-refractivity contribution in [3.8, 4) is 5.75 Å². The van der Waals surface area contributed by atoms with Gasteiger partial charge >= 0.3 is 0 Å². The maximum absolute atomic E-state index is 13.7. The van der Waals surface area contributed by atoms with Crippen molar-refractivity contribution in [2.75, 3.05) is 12.0 Å². The summed E-state index contributed by atoms with van der Waals surface area (Å²) in [6, 6.07) is 12.1. The van der Waals surface area contributed by atoms with Crippen LogP contribution in [-0.4, -0.2) is 40.7 Å². The van der Waals surface area contributed by atoms with Gasteiger partial charge < -0.3 is 4.74 Å². The number of nitrogens with zero attached hydrogens (tertiary/aromatic N) is 3. The first-order valence-corrected chi connectivity index (χ1v) is 11.9. The molecule has 0 saturated carbocycles. The number of nitro groups is 1. The van der Waals surface area contributed by atoms with Crippen LogP contribution in [0.4, 0.5) is 11.4 Å². The quantitative estimate of drug-likeness (QED) is 0.183. The van der Waals surface area contributed by atoms with E-state index in [-0.39, 0.29) is 11.1 Å². The third kappa shape index (κ3) is 3.48. The number of hydrogen-bond acceptors (Lipinski definition) is 6. The second-order valence-electron chi connectivity index (χ2n) is 8.35. The van der Waals surface area contributed by atoms with Crippen LogP contribution in [0.5, 0.6) is 5.75 Å². The van der Waals surface area contributed by atoms with E-state index in [0.29, 0.717) is 26.5 Å². The monoisotopic (exact) mass is 569 g/mol. The number of halogens is 2. The number of imide groups is 1.